The summed E-state index contributed by atoms with van der Waals surface area (Å²) in [6.45, 7) is 2.27. The molecule has 4 heteroatoms. The van der Waals surface area contributed by atoms with Gasteiger partial charge in [0.1, 0.15) is 0 Å². The number of nitrogens with zero attached hydrogens (tertiary/aromatic N) is 2. The van der Waals surface area contributed by atoms with Crippen molar-refractivity contribution >= 4 is 22.2 Å². The summed E-state index contributed by atoms with van der Waals surface area (Å²) in [5.41, 5.74) is 8.86. The highest BCUT2D eigenvalue weighted by molar-refractivity contribution is 7.14. The number of nitrogens with two attached hydrogens (primary N) is 1. The maximum absolute atomic E-state index is 6.02. The zero-order chi connectivity index (χ0) is 13.1. The summed E-state index contributed by atoms with van der Waals surface area (Å²) < 4.78 is 0. The van der Waals surface area contributed by atoms with Crippen LogP contribution in [0.3, 0.4) is 0 Å². The number of hydrogen-bond acceptors (Lipinski definition) is 4. The second-order valence-electron chi connectivity index (χ2n) is 5.00. The molecule has 1 aromatic heterocycles. The molecular weight excluding hydrogens is 254 g/mol. The number of anilines is 2. The standard InChI is InChI=1S/C15H19N3S/c16-13-8-4-3-7-12(13)14-11-19-15(17-14)18-9-5-1-2-6-10-18/h3-4,7-8,11H,1-2,5-6,9-10,16H2. The molecule has 19 heavy (non-hydrogen) atoms. The first-order valence-electron chi connectivity index (χ1n) is 6.90. The van der Waals surface area contributed by atoms with E-state index in [0.29, 0.717) is 0 Å². The van der Waals surface area contributed by atoms with Crippen LogP contribution >= 0.6 is 11.3 Å². The third kappa shape index (κ3) is 2.73. The third-order valence-electron chi connectivity index (χ3n) is 3.61. The summed E-state index contributed by atoms with van der Waals surface area (Å²) >= 11 is 1.73. The van der Waals surface area contributed by atoms with Crippen molar-refractivity contribution in [3.8, 4) is 11.3 Å². The minimum Gasteiger partial charge on any atom is -0.398 e. The molecule has 0 bridgehead atoms. The first kappa shape index (κ1) is 12.5. The Bertz CT molecular complexity index is 542. The van der Waals surface area contributed by atoms with E-state index in [1.807, 2.05) is 24.3 Å². The van der Waals surface area contributed by atoms with Gasteiger partial charge in [-0.05, 0) is 18.9 Å². The van der Waals surface area contributed by atoms with Gasteiger partial charge in [-0.1, -0.05) is 31.0 Å². The van der Waals surface area contributed by atoms with Crippen LogP contribution in [0.5, 0.6) is 0 Å². The van der Waals surface area contributed by atoms with Gasteiger partial charge in [-0.25, -0.2) is 4.98 Å². The Morgan fingerprint density at radius 3 is 2.53 bits per heavy atom. The Kier molecular flexibility index (Phi) is 3.69. The van der Waals surface area contributed by atoms with Gasteiger partial charge in [-0.2, -0.15) is 0 Å². The highest BCUT2D eigenvalue weighted by Crippen LogP contribution is 2.31. The number of aromatic nitrogens is 1. The molecule has 3 rings (SSSR count). The molecule has 0 radical (unpaired) electrons. The van der Waals surface area contributed by atoms with Gasteiger partial charge in [0.2, 0.25) is 0 Å². The van der Waals surface area contributed by atoms with Crippen LogP contribution in [-0.4, -0.2) is 18.1 Å². The van der Waals surface area contributed by atoms with Crippen molar-refractivity contribution in [3.05, 3.63) is 29.6 Å². The summed E-state index contributed by atoms with van der Waals surface area (Å²) in [5.74, 6) is 0. The van der Waals surface area contributed by atoms with E-state index in [4.69, 9.17) is 10.7 Å². The largest absolute Gasteiger partial charge is 0.398 e. The van der Waals surface area contributed by atoms with Crippen molar-refractivity contribution in [2.75, 3.05) is 23.7 Å². The summed E-state index contributed by atoms with van der Waals surface area (Å²) in [6, 6.07) is 7.94. The van der Waals surface area contributed by atoms with Gasteiger partial charge in [0.05, 0.1) is 5.69 Å². The molecule has 2 heterocycles. The molecule has 2 aromatic rings. The fraction of sp³-hybridized carbons (Fsp3) is 0.400. The molecule has 0 spiro atoms. The zero-order valence-electron chi connectivity index (χ0n) is 11.0. The molecule has 3 nitrogen and oxygen atoms in total. The molecule has 0 unspecified atom stereocenters. The topological polar surface area (TPSA) is 42.1 Å². The first-order chi connectivity index (χ1) is 9.34. The number of nitrogen functional groups attached to an aromatic ring is 1. The second kappa shape index (κ2) is 5.61. The summed E-state index contributed by atoms with van der Waals surface area (Å²) in [6.07, 6.45) is 5.26. The molecule has 1 aromatic carbocycles. The summed E-state index contributed by atoms with van der Waals surface area (Å²) in [4.78, 5) is 7.19. The molecular formula is C15H19N3S. The Balaban J connectivity index is 1.85. The van der Waals surface area contributed by atoms with E-state index in [1.165, 1.54) is 25.7 Å². The van der Waals surface area contributed by atoms with Crippen LogP contribution < -0.4 is 10.6 Å². The smallest absolute Gasteiger partial charge is 0.185 e. The van der Waals surface area contributed by atoms with Crippen molar-refractivity contribution < 1.29 is 0 Å². The second-order valence-corrected chi connectivity index (χ2v) is 5.84. The van der Waals surface area contributed by atoms with Gasteiger partial charge in [0.25, 0.3) is 0 Å². The fourth-order valence-electron chi connectivity index (χ4n) is 2.53. The van der Waals surface area contributed by atoms with Gasteiger partial charge >= 0.3 is 0 Å². The molecule has 100 valence electrons. The van der Waals surface area contributed by atoms with E-state index in [1.54, 1.807) is 11.3 Å². The van der Waals surface area contributed by atoms with E-state index < -0.39 is 0 Å². The number of thiazole rings is 1. The van der Waals surface area contributed by atoms with Crippen LogP contribution in [0.4, 0.5) is 10.8 Å². The number of rotatable bonds is 2. The molecule has 1 aliphatic rings. The Morgan fingerprint density at radius 1 is 1.05 bits per heavy atom. The Morgan fingerprint density at radius 2 is 1.79 bits per heavy atom. The molecule has 0 atom stereocenters. The van der Waals surface area contributed by atoms with Crippen molar-refractivity contribution in [2.45, 2.75) is 25.7 Å². The van der Waals surface area contributed by atoms with Crippen LogP contribution in [0.1, 0.15) is 25.7 Å². The molecule has 1 saturated heterocycles. The normalized spacial score (nSPS) is 16.3. The highest BCUT2D eigenvalue weighted by Gasteiger charge is 2.14. The van der Waals surface area contributed by atoms with E-state index in [2.05, 4.69) is 10.3 Å². The molecule has 0 aliphatic carbocycles. The van der Waals surface area contributed by atoms with E-state index in [0.717, 1.165) is 35.2 Å². The average molecular weight is 273 g/mol. The van der Waals surface area contributed by atoms with Crippen LogP contribution in [0.25, 0.3) is 11.3 Å². The minimum atomic E-state index is 0.801. The lowest BCUT2D eigenvalue weighted by Gasteiger charge is -2.18. The van der Waals surface area contributed by atoms with E-state index in [-0.39, 0.29) is 0 Å². The van der Waals surface area contributed by atoms with Crippen LogP contribution in [0.15, 0.2) is 29.6 Å². The average Bonchev–Trinajstić information content (AvgIpc) is 2.75. The van der Waals surface area contributed by atoms with Gasteiger partial charge in [-0.3, -0.25) is 0 Å². The van der Waals surface area contributed by atoms with E-state index in [9.17, 15) is 0 Å². The third-order valence-corrected chi connectivity index (χ3v) is 4.51. The van der Waals surface area contributed by atoms with Crippen LogP contribution in [0.2, 0.25) is 0 Å². The van der Waals surface area contributed by atoms with Crippen LogP contribution in [0, 0.1) is 0 Å². The zero-order valence-corrected chi connectivity index (χ0v) is 11.8. The highest BCUT2D eigenvalue weighted by atomic mass is 32.1. The fourth-order valence-corrected chi connectivity index (χ4v) is 3.40. The molecule has 0 saturated carbocycles. The minimum absolute atomic E-state index is 0.801. The lowest BCUT2D eigenvalue weighted by molar-refractivity contribution is 0.726. The Labute approximate surface area is 118 Å². The molecule has 0 amide bonds. The molecule has 1 aliphatic heterocycles. The van der Waals surface area contributed by atoms with Gasteiger partial charge in [0, 0.05) is 29.7 Å². The van der Waals surface area contributed by atoms with Gasteiger partial charge in [-0.15, -0.1) is 11.3 Å². The van der Waals surface area contributed by atoms with Gasteiger partial charge < -0.3 is 10.6 Å². The van der Waals surface area contributed by atoms with E-state index >= 15 is 0 Å². The predicted octanol–water partition coefficient (Wildman–Crippen LogP) is 3.77. The van der Waals surface area contributed by atoms with Crippen molar-refractivity contribution in [3.63, 3.8) is 0 Å². The number of hydrogen-bond donors (Lipinski definition) is 1. The lowest BCUT2D eigenvalue weighted by Crippen LogP contribution is -2.23. The van der Waals surface area contributed by atoms with Crippen molar-refractivity contribution in [2.24, 2.45) is 0 Å². The lowest BCUT2D eigenvalue weighted by atomic mass is 10.1. The summed E-state index contributed by atoms with van der Waals surface area (Å²) in [7, 11) is 0. The maximum Gasteiger partial charge on any atom is 0.185 e. The number of para-hydroxylation sites is 1. The maximum atomic E-state index is 6.02. The Hall–Kier alpha value is -1.55. The quantitative estimate of drug-likeness (QED) is 0.847. The monoisotopic (exact) mass is 273 g/mol. The first-order valence-corrected chi connectivity index (χ1v) is 7.78. The van der Waals surface area contributed by atoms with Crippen molar-refractivity contribution in [1.82, 2.24) is 4.98 Å². The molecule has 2 N–H and O–H groups in total. The van der Waals surface area contributed by atoms with Gasteiger partial charge in [0.15, 0.2) is 5.13 Å². The summed E-state index contributed by atoms with van der Waals surface area (Å²) in [5, 5.41) is 3.26. The van der Waals surface area contributed by atoms with Crippen LogP contribution in [-0.2, 0) is 0 Å². The van der Waals surface area contributed by atoms with Crippen molar-refractivity contribution in [1.29, 1.82) is 0 Å². The number of benzene rings is 1. The SMILES string of the molecule is Nc1ccccc1-c1csc(N2CCCCCC2)n1. The predicted molar refractivity (Wildman–Crippen MR) is 82.6 cm³/mol. The molecule has 1 fully saturated rings.